The number of carbonyl (C=O) groups is 1. The lowest BCUT2D eigenvalue weighted by Gasteiger charge is -2.22. The summed E-state index contributed by atoms with van der Waals surface area (Å²) in [5.74, 6) is 0.418. The number of nitrogens with two attached hydrogens (primary N) is 1. The number of anilines is 3. The first-order valence-electron chi connectivity index (χ1n) is 10.1. The molecule has 0 bridgehead atoms. The summed E-state index contributed by atoms with van der Waals surface area (Å²) in [5, 5.41) is 7.21. The van der Waals surface area contributed by atoms with Crippen molar-refractivity contribution >= 4 is 23.2 Å². The molecular weight excluding hydrogens is 374 g/mol. The molecule has 10 heteroatoms. The zero-order valence-electron chi connectivity index (χ0n) is 17.0. The molecule has 2 aromatic heterocycles. The molecule has 158 valence electrons. The smallest absolute Gasteiger partial charge is 0.330 e. The van der Waals surface area contributed by atoms with E-state index in [1.807, 2.05) is 11.6 Å². The molecule has 1 aliphatic carbocycles. The second kappa shape index (κ2) is 8.97. The zero-order valence-corrected chi connectivity index (χ0v) is 17.0. The van der Waals surface area contributed by atoms with Gasteiger partial charge in [0.1, 0.15) is 17.3 Å². The number of nitrogens with one attached hydrogen (secondary N) is 2. The van der Waals surface area contributed by atoms with Crippen LogP contribution in [-0.4, -0.2) is 38.8 Å². The lowest BCUT2D eigenvalue weighted by Crippen LogP contribution is -2.39. The van der Waals surface area contributed by atoms with Crippen molar-refractivity contribution < 1.29 is 4.79 Å². The van der Waals surface area contributed by atoms with Gasteiger partial charge in [-0.15, -0.1) is 0 Å². The van der Waals surface area contributed by atoms with Crippen molar-refractivity contribution in [1.82, 2.24) is 19.3 Å². The van der Waals surface area contributed by atoms with Crippen LogP contribution in [0.1, 0.15) is 51.5 Å². The number of hydrogen-bond donors (Lipinski definition) is 3. The maximum Gasteiger partial charge on any atom is 0.330 e. The van der Waals surface area contributed by atoms with E-state index in [1.165, 1.54) is 9.47 Å². The van der Waals surface area contributed by atoms with Gasteiger partial charge in [-0.25, -0.2) is 9.48 Å². The first-order chi connectivity index (χ1) is 13.9. The number of likely N-dealkylation sites (N-methyl/N-ethyl adjacent to an activating group) is 1. The summed E-state index contributed by atoms with van der Waals surface area (Å²) in [4.78, 5) is 40.7. The minimum Gasteiger partial charge on any atom is -0.383 e. The van der Waals surface area contributed by atoms with Gasteiger partial charge in [0.15, 0.2) is 0 Å². The van der Waals surface area contributed by atoms with Gasteiger partial charge in [-0.2, -0.15) is 5.10 Å². The van der Waals surface area contributed by atoms with Gasteiger partial charge in [0.25, 0.3) is 5.56 Å². The van der Waals surface area contributed by atoms with E-state index >= 15 is 0 Å². The molecular formula is C19H29N7O3. The van der Waals surface area contributed by atoms with E-state index in [4.69, 9.17) is 5.73 Å². The molecule has 0 radical (unpaired) electrons. The summed E-state index contributed by atoms with van der Waals surface area (Å²) in [6.07, 6.45) is 7.74. The topological polar surface area (TPSA) is 131 Å². The van der Waals surface area contributed by atoms with E-state index in [9.17, 15) is 14.4 Å². The molecule has 1 amide bonds. The fourth-order valence-electron chi connectivity index (χ4n) is 3.81. The SMILES string of the molecule is CCCCn1c(N)c(N(C)CC(=O)Nc2ccnn2C2CCCC2)c(=O)[nH]c1=O. The number of aromatic nitrogens is 4. The third-order valence-corrected chi connectivity index (χ3v) is 5.32. The van der Waals surface area contributed by atoms with Crippen LogP contribution in [0, 0.1) is 0 Å². The fraction of sp³-hybridized carbons (Fsp3) is 0.579. The molecule has 0 aromatic carbocycles. The molecule has 1 saturated carbocycles. The predicted octanol–water partition coefficient (Wildman–Crippen LogP) is 1.31. The Hall–Kier alpha value is -3.04. The number of nitrogens with zero attached hydrogens (tertiary/aromatic N) is 4. The van der Waals surface area contributed by atoms with E-state index in [2.05, 4.69) is 15.4 Å². The Balaban J connectivity index is 1.74. The van der Waals surface area contributed by atoms with Crippen LogP contribution in [-0.2, 0) is 11.3 Å². The third kappa shape index (κ3) is 4.52. The number of amides is 1. The Morgan fingerprint density at radius 3 is 2.79 bits per heavy atom. The van der Waals surface area contributed by atoms with Crippen LogP contribution in [0.4, 0.5) is 17.3 Å². The van der Waals surface area contributed by atoms with Crippen LogP contribution < -0.4 is 27.2 Å². The van der Waals surface area contributed by atoms with Gasteiger partial charge in [0.05, 0.1) is 18.8 Å². The van der Waals surface area contributed by atoms with Crippen LogP contribution in [0.15, 0.2) is 21.9 Å². The van der Waals surface area contributed by atoms with Gasteiger partial charge in [0, 0.05) is 19.7 Å². The van der Waals surface area contributed by atoms with Gasteiger partial charge in [-0.1, -0.05) is 26.2 Å². The second-order valence-corrected chi connectivity index (χ2v) is 7.50. The number of aromatic amines is 1. The molecule has 0 unspecified atom stereocenters. The average Bonchev–Trinajstić information content (AvgIpc) is 3.32. The van der Waals surface area contributed by atoms with Crippen LogP contribution in [0.3, 0.4) is 0 Å². The highest BCUT2D eigenvalue weighted by Gasteiger charge is 2.22. The molecule has 0 atom stereocenters. The van der Waals surface area contributed by atoms with E-state index in [1.54, 1.807) is 19.3 Å². The van der Waals surface area contributed by atoms with Gasteiger partial charge >= 0.3 is 5.69 Å². The normalized spacial score (nSPS) is 14.3. The van der Waals surface area contributed by atoms with E-state index < -0.39 is 11.2 Å². The molecule has 10 nitrogen and oxygen atoms in total. The largest absolute Gasteiger partial charge is 0.383 e. The monoisotopic (exact) mass is 403 g/mol. The van der Waals surface area contributed by atoms with Gasteiger partial charge in [-0.05, 0) is 19.3 Å². The van der Waals surface area contributed by atoms with Crippen molar-refractivity contribution in [3.63, 3.8) is 0 Å². The summed E-state index contributed by atoms with van der Waals surface area (Å²) in [6.45, 7) is 2.32. The molecule has 2 heterocycles. The van der Waals surface area contributed by atoms with Crippen molar-refractivity contribution in [3.05, 3.63) is 33.1 Å². The molecule has 3 rings (SSSR count). The quantitative estimate of drug-likeness (QED) is 0.609. The van der Waals surface area contributed by atoms with Crippen LogP contribution in [0.5, 0.6) is 0 Å². The maximum atomic E-state index is 12.6. The van der Waals surface area contributed by atoms with Crippen LogP contribution >= 0.6 is 0 Å². The molecule has 0 spiro atoms. The van der Waals surface area contributed by atoms with Gasteiger partial charge in [0.2, 0.25) is 5.91 Å². The Kier molecular flexibility index (Phi) is 6.40. The number of H-pyrrole nitrogens is 1. The first kappa shape index (κ1) is 20.7. The first-order valence-corrected chi connectivity index (χ1v) is 10.1. The summed E-state index contributed by atoms with van der Waals surface area (Å²) in [5.41, 5.74) is 5.07. The highest BCUT2D eigenvalue weighted by molar-refractivity contribution is 5.93. The fourth-order valence-corrected chi connectivity index (χ4v) is 3.81. The van der Waals surface area contributed by atoms with Crippen molar-refractivity contribution in [3.8, 4) is 0 Å². The van der Waals surface area contributed by atoms with Crippen LogP contribution in [0.25, 0.3) is 0 Å². The molecule has 4 N–H and O–H groups in total. The van der Waals surface area contributed by atoms with E-state index in [0.717, 1.165) is 38.5 Å². The second-order valence-electron chi connectivity index (χ2n) is 7.50. The Labute approximate surface area is 168 Å². The molecule has 2 aromatic rings. The van der Waals surface area contributed by atoms with Gasteiger partial charge < -0.3 is 16.0 Å². The summed E-state index contributed by atoms with van der Waals surface area (Å²) in [6, 6.07) is 2.07. The number of unbranched alkanes of at least 4 members (excludes halogenated alkanes) is 1. The number of nitrogen functional groups attached to an aromatic ring is 1. The molecule has 29 heavy (non-hydrogen) atoms. The molecule has 1 aliphatic rings. The van der Waals surface area contributed by atoms with Gasteiger partial charge in [-0.3, -0.25) is 19.1 Å². The Morgan fingerprint density at radius 2 is 2.10 bits per heavy atom. The van der Waals surface area contributed by atoms with Crippen molar-refractivity contribution in [2.75, 3.05) is 29.5 Å². The number of carbonyl (C=O) groups excluding carboxylic acids is 1. The lowest BCUT2D eigenvalue weighted by molar-refractivity contribution is -0.115. The van der Waals surface area contributed by atoms with E-state index in [0.29, 0.717) is 18.4 Å². The Bertz CT molecular complexity index is 969. The van der Waals surface area contributed by atoms with Crippen molar-refractivity contribution in [1.29, 1.82) is 0 Å². The summed E-state index contributed by atoms with van der Waals surface area (Å²) < 4.78 is 3.20. The van der Waals surface area contributed by atoms with Crippen molar-refractivity contribution in [2.24, 2.45) is 0 Å². The zero-order chi connectivity index (χ0) is 21.0. The molecule has 0 saturated heterocycles. The minimum absolute atomic E-state index is 0.0681. The van der Waals surface area contributed by atoms with Crippen molar-refractivity contribution in [2.45, 2.75) is 58.0 Å². The van der Waals surface area contributed by atoms with E-state index in [-0.39, 0.29) is 24.0 Å². The number of hydrogen-bond acceptors (Lipinski definition) is 6. The highest BCUT2D eigenvalue weighted by Crippen LogP contribution is 2.31. The summed E-state index contributed by atoms with van der Waals surface area (Å²) >= 11 is 0. The standard InChI is InChI=1S/C19H29N7O3/c1-3-4-11-25-17(20)16(18(28)23-19(25)29)24(2)12-15(27)22-14-9-10-21-26(14)13-7-5-6-8-13/h9-10,13H,3-8,11-12,20H2,1-2H3,(H,22,27)(H,23,28,29). The van der Waals surface area contributed by atoms with Crippen LogP contribution in [0.2, 0.25) is 0 Å². The maximum absolute atomic E-state index is 12.6. The molecule has 0 aliphatic heterocycles. The Morgan fingerprint density at radius 1 is 1.38 bits per heavy atom. The predicted molar refractivity (Wildman–Crippen MR) is 112 cm³/mol. The lowest BCUT2D eigenvalue weighted by atomic mass is 10.2. The average molecular weight is 403 g/mol. The highest BCUT2D eigenvalue weighted by atomic mass is 16.2. The summed E-state index contributed by atoms with van der Waals surface area (Å²) in [7, 11) is 1.60. The molecule has 1 fully saturated rings. The minimum atomic E-state index is -0.605. The number of rotatable bonds is 8. The third-order valence-electron chi connectivity index (χ3n) is 5.32.